The van der Waals surface area contributed by atoms with E-state index < -0.39 is 0 Å². The van der Waals surface area contributed by atoms with Gasteiger partial charge in [0.25, 0.3) is 0 Å². The first-order valence-electron chi connectivity index (χ1n) is 5.62. The monoisotopic (exact) mass is 288 g/mol. The molecular formula is C13H18BrFO. The fraction of sp³-hybridized carbons (Fsp3) is 0.538. The molecule has 90 valence electrons. The molecular weight excluding hydrogens is 271 g/mol. The molecule has 0 fully saturated rings. The van der Waals surface area contributed by atoms with Crippen LogP contribution >= 0.6 is 15.9 Å². The Morgan fingerprint density at radius 3 is 2.69 bits per heavy atom. The zero-order chi connectivity index (χ0) is 12.1. The van der Waals surface area contributed by atoms with E-state index in [9.17, 15) is 9.50 Å². The molecule has 3 heteroatoms. The first kappa shape index (κ1) is 13.7. The number of aliphatic hydroxyl groups excluding tert-OH is 1. The summed E-state index contributed by atoms with van der Waals surface area (Å²) in [5.74, 6) is 0.106. The second-order valence-corrected chi connectivity index (χ2v) is 5.36. The number of rotatable bonds is 5. The second-order valence-electron chi connectivity index (χ2n) is 4.44. The van der Waals surface area contributed by atoms with Gasteiger partial charge in [0.15, 0.2) is 0 Å². The average molecular weight is 289 g/mol. The van der Waals surface area contributed by atoms with Crippen LogP contribution in [0.4, 0.5) is 4.39 Å². The molecule has 1 N–H and O–H groups in total. The lowest BCUT2D eigenvalue weighted by Crippen LogP contribution is -2.14. The van der Waals surface area contributed by atoms with Crippen molar-refractivity contribution >= 4 is 15.9 Å². The number of hydrogen-bond acceptors (Lipinski definition) is 1. The molecule has 1 rings (SSSR count). The van der Waals surface area contributed by atoms with E-state index >= 15 is 0 Å². The summed E-state index contributed by atoms with van der Waals surface area (Å²) in [6, 6.07) is 4.97. The molecule has 0 radical (unpaired) electrons. The van der Waals surface area contributed by atoms with Gasteiger partial charge in [0.1, 0.15) is 5.82 Å². The Bertz CT molecular complexity index is 339. The van der Waals surface area contributed by atoms with Gasteiger partial charge < -0.3 is 5.11 Å². The minimum absolute atomic E-state index is 0.165. The molecule has 0 aliphatic carbocycles. The van der Waals surface area contributed by atoms with Crippen LogP contribution in [0.2, 0.25) is 0 Å². The fourth-order valence-electron chi connectivity index (χ4n) is 1.57. The third-order valence-corrected chi connectivity index (χ3v) is 3.22. The average Bonchev–Trinajstić information content (AvgIpc) is 2.22. The highest BCUT2D eigenvalue weighted by Gasteiger charge is 2.09. The summed E-state index contributed by atoms with van der Waals surface area (Å²) in [7, 11) is 0. The molecule has 0 aromatic heterocycles. The molecule has 0 aliphatic rings. The van der Waals surface area contributed by atoms with Gasteiger partial charge in [0.2, 0.25) is 0 Å². The highest BCUT2D eigenvalue weighted by molar-refractivity contribution is 9.10. The summed E-state index contributed by atoms with van der Waals surface area (Å²) < 4.78 is 14.3. The Labute approximate surface area is 105 Å². The van der Waals surface area contributed by atoms with Crippen molar-refractivity contribution in [1.29, 1.82) is 0 Å². The Morgan fingerprint density at radius 1 is 1.38 bits per heavy atom. The SMILES string of the molecule is CC(C)C(O)CCCc1cc(Br)ccc1F. The van der Waals surface area contributed by atoms with E-state index in [0.29, 0.717) is 12.0 Å². The number of hydrogen-bond donors (Lipinski definition) is 1. The lowest BCUT2D eigenvalue weighted by Gasteiger charge is -2.14. The van der Waals surface area contributed by atoms with E-state index in [4.69, 9.17) is 0 Å². The summed E-state index contributed by atoms with van der Waals surface area (Å²) in [4.78, 5) is 0. The predicted octanol–water partition coefficient (Wildman–Crippen LogP) is 3.93. The van der Waals surface area contributed by atoms with Gasteiger partial charge in [-0.3, -0.25) is 0 Å². The topological polar surface area (TPSA) is 20.2 Å². The lowest BCUT2D eigenvalue weighted by molar-refractivity contribution is 0.114. The Morgan fingerprint density at radius 2 is 2.06 bits per heavy atom. The summed E-state index contributed by atoms with van der Waals surface area (Å²) in [5, 5.41) is 9.63. The van der Waals surface area contributed by atoms with Crippen LogP contribution < -0.4 is 0 Å². The number of halogens is 2. The van der Waals surface area contributed by atoms with Gasteiger partial charge in [-0.05, 0) is 48.9 Å². The standard InChI is InChI=1S/C13H18BrFO/c1-9(2)13(16)5-3-4-10-8-11(14)6-7-12(10)15/h6-9,13,16H,3-5H2,1-2H3. The maximum Gasteiger partial charge on any atom is 0.126 e. The fourth-order valence-corrected chi connectivity index (χ4v) is 1.98. The molecule has 1 aromatic rings. The molecule has 16 heavy (non-hydrogen) atoms. The molecule has 1 nitrogen and oxygen atoms in total. The van der Waals surface area contributed by atoms with Crippen molar-refractivity contribution in [3.63, 3.8) is 0 Å². The minimum atomic E-state index is -0.282. The molecule has 0 spiro atoms. The molecule has 0 amide bonds. The zero-order valence-electron chi connectivity index (χ0n) is 9.71. The zero-order valence-corrected chi connectivity index (χ0v) is 11.3. The maximum absolute atomic E-state index is 13.4. The normalized spacial score (nSPS) is 13.1. The largest absolute Gasteiger partial charge is 0.393 e. The van der Waals surface area contributed by atoms with Crippen molar-refractivity contribution in [2.75, 3.05) is 0 Å². The van der Waals surface area contributed by atoms with E-state index in [1.54, 1.807) is 12.1 Å². The molecule has 0 aliphatic heterocycles. The van der Waals surface area contributed by atoms with Crippen LogP contribution in [-0.4, -0.2) is 11.2 Å². The lowest BCUT2D eigenvalue weighted by atomic mass is 9.99. The van der Waals surface area contributed by atoms with Gasteiger partial charge in [-0.1, -0.05) is 29.8 Å². The molecule has 1 unspecified atom stereocenters. The van der Waals surface area contributed by atoms with E-state index in [-0.39, 0.29) is 17.8 Å². The van der Waals surface area contributed by atoms with Crippen molar-refractivity contribution < 1.29 is 9.50 Å². The van der Waals surface area contributed by atoms with Crippen LogP contribution in [0.15, 0.2) is 22.7 Å². The second kappa shape index (κ2) is 6.36. The van der Waals surface area contributed by atoms with E-state index in [1.165, 1.54) is 6.07 Å². The van der Waals surface area contributed by atoms with Crippen molar-refractivity contribution in [2.24, 2.45) is 5.92 Å². The highest BCUT2D eigenvalue weighted by atomic mass is 79.9. The molecule has 1 aromatic carbocycles. The van der Waals surface area contributed by atoms with Gasteiger partial charge in [0, 0.05) is 4.47 Å². The summed E-state index contributed by atoms with van der Waals surface area (Å²) in [5.41, 5.74) is 0.713. The van der Waals surface area contributed by atoms with Gasteiger partial charge in [0.05, 0.1) is 6.10 Å². The van der Waals surface area contributed by atoms with Gasteiger partial charge in [-0.15, -0.1) is 0 Å². The van der Waals surface area contributed by atoms with E-state index in [1.807, 2.05) is 13.8 Å². The van der Waals surface area contributed by atoms with Crippen molar-refractivity contribution in [3.8, 4) is 0 Å². The van der Waals surface area contributed by atoms with Gasteiger partial charge >= 0.3 is 0 Å². The van der Waals surface area contributed by atoms with Crippen LogP contribution in [-0.2, 0) is 6.42 Å². The van der Waals surface area contributed by atoms with Crippen LogP contribution in [0.3, 0.4) is 0 Å². The molecule has 0 bridgehead atoms. The third-order valence-electron chi connectivity index (χ3n) is 2.72. The van der Waals surface area contributed by atoms with Crippen LogP contribution in [0.1, 0.15) is 32.3 Å². The maximum atomic E-state index is 13.4. The molecule has 0 saturated carbocycles. The van der Waals surface area contributed by atoms with Crippen LogP contribution in [0.5, 0.6) is 0 Å². The Kier molecular flexibility index (Phi) is 5.42. The predicted molar refractivity (Wildman–Crippen MR) is 67.9 cm³/mol. The minimum Gasteiger partial charge on any atom is -0.393 e. The quantitative estimate of drug-likeness (QED) is 0.870. The Hall–Kier alpha value is -0.410. The molecule has 1 atom stereocenters. The molecule has 0 heterocycles. The van der Waals surface area contributed by atoms with Crippen LogP contribution in [0, 0.1) is 11.7 Å². The van der Waals surface area contributed by atoms with Crippen LogP contribution in [0.25, 0.3) is 0 Å². The number of benzene rings is 1. The first-order chi connectivity index (χ1) is 7.50. The third kappa shape index (κ3) is 4.22. The Balaban J connectivity index is 2.45. The van der Waals surface area contributed by atoms with Gasteiger partial charge in [-0.25, -0.2) is 4.39 Å². The van der Waals surface area contributed by atoms with Crippen molar-refractivity contribution in [1.82, 2.24) is 0 Å². The van der Waals surface area contributed by atoms with Crippen molar-refractivity contribution in [3.05, 3.63) is 34.1 Å². The first-order valence-corrected chi connectivity index (χ1v) is 6.42. The summed E-state index contributed by atoms with van der Waals surface area (Å²) >= 11 is 3.32. The summed E-state index contributed by atoms with van der Waals surface area (Å²) in [6.45, 7) is 3.98. The molecule has 0 saturated heterocycles. The van der Waals surface area contributed by atoms with E-state index in [0.717, 1.165) is 17.3 Å². The number of aliphatic hydroxyl groups is 1. The van der Waals surface area contributed by atoms with E-state index in [2.05, 4.69) is 15.9 Å². The smallest absolute Gasteiger partial charge is 0.126 e. The summed E-state index contributed by atoms with van der Waals surface area (Å²) in [6.07, 6.45) is 1.93. The highest BCUT2D eigenvalue weighted by Crippen LogP contribution is 2.18. The van der Waals surface area contributed by atoms with Gasteiger partial charge in [-0.2, -0.15) is 0 Å². The number of aryl methyl sites for hydroxylation is 1. The van der Waals surface area contributed by atoms with Crippen molar-refractivity contribution in [2.45, 2.75) is 39.2 Å².